The lowest BCUT2D eigenvalue weighted by molar-refractivity contribution is 0.227. The van der Waals surface area contributed by atoms with E-state index in [1.54, 1.807) is 0 Å². The van der Waals surface area contributed by atoms with Gasteiger partial charge in [-0.05, 0) is 55.4 Å². The summed E-state index contributed by atoms with van der Waals surface area (Å²) in [6.45, 7) is 5.30. The Bertz CT molecular complexity index is 828. The number of hydrogen-bond acceptors (Lipinski definition) is 4. The Labute approximate surface area is 157 Å². The van der Waals surface area contributed by atoms with Gasteiger partial charge in [0.25, 0.3) is 0 Å². The topological polar surface area (TPSA) is 83.5 Å². The van der Waals surface area contributed by atoms with E-state index in [2.05, 4.69) is 18.6 Å². The molecule has 0 aromatic heterocycles. The molecule has 1 saturated carbocycles. The first-order chi connectivity index (χ1) is 12.2. The second kappa shape index (κ2) is 7.58. The lowest BCUT2D eigenvalue weighted by Crippen LogP contribution is -2.43. The largest absolute Gasteiger partial charge is 0.243 e. The summed E-state index contributed by atoms with van der Waals surface area (Å²) < 4.78 is 54.8. The van der Waals surface area contributed by atoms with Crippen molar-refractivity contribution in [1.82, 2.24) is 9.03 Å². The first kappa shape index (κ1) is 19.8. The van der Waals surface area contributed by atoms with Gasteiger partial charge in [0, 0.05) is 19.1 Å². The Morgan fingerprint density at radius 2 is 1.46 bits per heavy atom. The monoisotopic (exact) mass is 400 g/mol. The van der Waals surface area contributed by atoms with E-state index >= 15 is 0 Å². The normalized spacial score (nSPS) is 28.3. The molecule has 146 valence electrons. The predicted octanol–water partition coefficient (Wildman–Crippen LogP) is 2.57. The van der Waals surface area contributed by atoms with E-state index in [-0.39, 0.29) is 21.8 Å². The van der Waals surface area contributed by atoms with Crippen molar-refractivity contribution < 1.29 is 16.8 Å². The summed E-state index contributed by atoms with van der Waals surface area (Å²) in [5.41, 5.74) is 0. The highest BCUT2D eigenvalue weighted by Gasteiger charge is 2.31. The highest BCUT2D eigenvalue weighted by molar-refractivity contribution is 7.89. The maximum absolute atomic E-state index is 12.7. The quantitative estimate of drug-likeness (QED) is 0.823. The van der Waals surface area contributed by atoms with Crippen LogP contribution >= 0.6 is 0 Å². The molecule has 1 aromatic carbocycles. The van der Waals surface area contributed by atoms with E-state index in [0.717, 1.165) is 32.1 Å². The van der Waals surface area contributed by atoms with Crippen molar-refractivity contribution in [2.45, 2.75) is 61.8 Å². The summed E-state index contributed by atoms with van der Waals surface area (Å²) in [5.74, 6) is 0.776. The minimum atomic E-state index is -3.66. The zero-order chi connectivity index (χ0) is 18.9. The number of sulfonamides is 2. The first-order valence-electron chi connectivity index (χ1n) is 9.34. The molecular formula is C18H28N2O4S2. The molecule has 3 unspecified atom stereocenters. The standard InChI is InChI=1S/C18H28N2O4S2/c1-14-6-5-7-18(15(14)2)19-25(21,22)16-8-10-17(11-9-16)26(23,24)20-12-3-4-13-20/h8-11,14-15,18-19H,3-7,12-13H2,1-2H3. The molecule has 3 rings (SSSR count). The van der Waals surface area contributed by atoms with Crippen LogP contribution in [0.2, 0.25) is 0 Å². The van der Waals surface area contributed by atoms with Gasteiger partial charge in [-0.15, -0.1) is 0 Å². The molecule has 0 bridgehead atoms. The summed E-state index contributed by atoms with van der Waals surface area (Å²) in [7, 11) is -7.18. The van der Waals surface area contributed by atoms with Gasteiger partial charge in [-0.25, -0.2) is 21.6 Å². The van der Waals surface area contributed by atoms with Gasteiger partial charge in [-0.1, -0.05) is 26.7 Å². The van der Waals surface area contributed by atoms with Gasteiger partial charge in [-0.3, -0.25) is 0 Å². The molecule has 1 heterocycles. The third kappa shape index (κ3) is 3.98. The van der Waals surface area contributed by atoms with Crippen LogP contribution in [0.4, 0.5) is 0 Å². The second-order valence-corrected chi connectivity index (χ2v) is 11.2. The van der Waals surface area contributed by atoms with Crippen LogP contribution in [0.5, 0.6) is 0 Å². The number of benzene rings is 1. The molecule has 1 saturated heterocycles. The molecule has 0 amide bonds. The Morgan fingerprint density at radius 3 is 2.08 bits per heavy atom. The van der Waals surface area contributed by atoms with Crippen LogP contribution in [0, 0.1) is 11.8 Å². The van der Waals surface area contributed by atoms with Gasteiger partial charge in [0.15, 0.2) is 0 Å². The Kier molecular flexibility index (Phi) is 5.77. The molecule has 3 atom stereocenters. The lowest BCUT2D eigenvalue weighted by atomic mass is 9.78. The average Bonchev–Trinajstić information content (AvgIpc) is 3.14. The Balaban J connectivity index is 1.77. The number of nitrogens with zero attached hydrogens (tertiary/aromatic N) is 1. The van der Waals surface area contributed by atoms with E-state index in [9.17, 15) is 16.8 Å². The van der Waals surface area contributed by atoms with Crippen molar-refractivity contribution in [2.75, 3.05) is 13.1 Å². The SMILES string of the molecule is CC1CCCC(NS(=O)(=O)c2ccc(S(=O)(=O)N3CCCC3)cc2)C1C. The highest BCUT2D eigenvalue weighted by Crippen LogP contribution is 2.30. The third-order valence-electron chi connectivity index (χ3n) is 5.85. The molecule has 2 aliphatic rings. The van der Waals surface area contributed by atoms with Crippen molar-refractivity contribution in [3.05, 3.63) is 24.3 Å². The molecule has 8 heteroatoms. The number of hydrogen-bond donors (Lipinski definition) is 1. The Hall–Kier alpha value is -0.960. The van der Waals surface area contributed by atoms with Gasteiger partial charge in [0.2, 0.25) is 20.0 Å². The summed E-state index contributed by atoms with van der Waals surface area (Å²) >= 11 is 0. The summed E-state index contributed by atoms with van der Waals surface area (Å²) in [6, 6.07) is 5.51. The molecule has 0 radical (unpaired) electrons. The lowest BCUT2D eigenvalue weighted by Gasteiger charge is -2.34. The van der Waals surface area contributed by atoms with E-state index in [1.165, 1.54) is 28.6 Å². The second-order valence-electron chi connectivity index (χ2n) is 7.58. The van der Waals surface area contributed by atoms with Gasteiger partial charge < -0.3 is 0 Å². The molecule has 26 heavy (non-hydrogen) atoms. The van der Waals surface area contributed by atoms with Crippen LogP contribution in [0.15, 0.2) is 34.1 Å². The van der Waals surface area contributed by atoms with Crippen LogP contribution in [-0.4, -0.2) is 40.3 Å². The molecule has 1 aliphatic heterocycles. The minimum absolute atomic E-state index is 0.0724. The van der Waals surface area contributed by atoms with Crippen LogP contribution in [0.25, 0.3) is 0 Å². The van der Waals surface area contributed by atoms with Gasteiger partial charge in [-0.2, -0.15) is 4.31 Å². The summed E-state index contributed by atoms with van der Waals surface area (Å²) in [4.78, 5) is 0.265. The zero-order valence-electron chi connectivity index (χ0n) is 15.4. The fourth-order valence-corrected chi connectivity index (χ4v) is 6.76. The molecular weight excluding hydrogens is 372 g/mol. The first-order valence-corrected chi connectivity index (χ1v) is 12.3. The van der Waals surface area contributed by atoms with Crippen LogP contribution in [-0.2, 0) is 20.0 Å². The number of rotatable bonds is 5. The van der Waals surface area contributed by atoms with E-state index in [1.807, 2.05) is 0 Å². The van der Waals surface area contributed by atoms with Crippen molar-refractivity contribution in [2.24, 2.45) is 11.8 Å². The zero-order valence-corrected chi connectivity index (χ0v) is 17.0. The van der Waals surface area contributed by atoms with Crippen molar-refractivity contribution in [3.63, 3.8) is 0 Å². The minimum Gasteiger partial charge on any atom is -0.208 e. The van der Waals surface area contributed by atoms with Crippen LogP contribution < -0.4 is 4.72 Å². The third-order valence-corrected chi connectivity index (χ3v) is 9.27. The van der Waals surface area contributed by atoms with E-state index in [0.29, 0.717) is 19.0 Å². The van der Waals surface area contributed by atoms with Gasteiger partial charge in [0.1, 0.15) is 0 Å². The van der Waals surface area contributed by atoms with Gasteiger partial charge >= 0.3 is 0 Å². The smallest absolute Gasteiger partial charge is 0.208 e. The predicted molar refractivity (Wildman–Crippen MR) is 101 cm³/mol. The summed E-state index contributed by atoms with van der Waals surface area (Å²) in [6.07, 6.45) is 4.72. The van der Waals surface area contributed by atoms with Crippen molar-refractivity contribution >= 4 is 20.0 Å². The fourth-order valence-electron chi connectivity index (χ4n) is 3.88. The van der Waals surface area contributed by atoms with E-state index < -0.39 is 20.0 Å². The Morgan fingerprint density at radius 1 is 0.885 bits per heavy atom. The maximum Gasteiger partial charge on any atom is 0.243 e. The molecule has 6 nitrogen and oxygen atoms in total. The molecule has 0 spiro atoms. The number of nitrogens with one attached hydrogen (secondary N) is 1. The summed E-state index contributed by atoms with van der Waals surface area (Å²) in [5, 5.41) is 0. The van der Waals surface area contributed by atoms with Crippen molar-refractivity contribution in [1.29, 1.82) is 0 Å². The van der Waals surface area contributed by atoms with Gasteiger partial charge in [0.05, 0.1) is 9.79 Å². The van der Waals surface area contributed by atoms with Crippen molar-refractivity contribution in [3.8, 4) is 0 Å². The van der Waals surface area contributed by atoms with Crippen LogP contribution in [0.3, 0.4) is 0 Å². The molecule has 1 aliphatic carbocycles. The molecule has 1 N–H and O–H groups in total. The average molecular weight is 401 g/mol. The maximum atomic E-state index is 12.7. The van der Waals surface area contributed by atoms with Crippen LogP contribution in [0.1, 0.15) is 46.0 Å². The van der Waals surface area contributed by atoms with E-state index in [4.69, 9.17) is 0 Å². The fraction of sp³-hybridized carbons (Fsp3) is 0.667. The molecule has 2 fully saturated rings. The molecule has 1 aromatic rings. The highest BCUT2D eigenvalue weighted by atomic mass is 32.2.